The van der Waals surface area contributed by atoms with Gasteiger partial charge in [-0.2, -0.15) is 0 Å². The molecule has 44 heavy (non-hydrogen) atoms. The van der Waals surface area contributed by atoms with Gasteiger partial charge in [0.2, 0.25) is 0 Å². The van der Waals surface area contributed by atoms with Crippen molar-refractivity contribution in [1.82, 2.24) is 19.0 Å². The van der Waals surface area contributed by atoms with E-state index in [0.29, 0.717) is 23.1 Å². The number of allylic oxidation sites excluding steroid dienone is 1. The summed E-state index contributed by atoms with van der Waals surface area (Å²) in [5.41, 5.74) is 13.5. The lowest BCUT2D eigenvalue weighted by molar-refractivity contribution is 0.0700. The van der Waals surface area contributed by atoms with Crippen LogP contribution in [-0.4, -0.2) is 50.7 Å². The number of fused-ring (bicyclic) bond motifs is 4. The molecular formula is C37H39N5O2. The van der Waals surface area contributed by atoms with Gasteiger partial charge in [0.1, 0.15) is 11.3 Å². The summed E-state index contributed by atoms with van der Waals surface area (Å²) in [5, 5.41) is 1.20. The second-order valence-corrected chi connectivity index (χ2v) is 13.0. The van der Waals surface area contributed by atoms with Crippen molar-refractivity contribution in [1.29, 1.82) is 0 Å². The number of benzene rings is 3. The van der Waals surface area contributed by atoms with Crippen LogP contribution in [0.1, 0.15) is 47.2 Å². The number of piperidine rings is 1. The zero-order valence-electron chi connectivity index (χ0n) is 25.4. The van der Waals surface area contributed by atoms with Gasteiger partial charge < -0.3 is 24.5 Å². The molecule has 0 radical (unpaired) electrons. The first-order valence-corrected chi connectivity index (χ1v) is 15.9. The number of aromatic nitrogens is 3. The van der Waals surface area contributed by atoms with E-state index in [1.807, 2.05) is 24.1 Å². The quantitative estimate of drug-likeness (QED) is 0.228. The summed E-state index contributed by atoms with van der Waals surface area (Å²) < 4.78 is 10.4. The first-order chi connectivity index (χ1) is 21.5. The van der Waals surface area contributed by atoms with Gasteiger partial charge in [0.15, 0.2) is 5.82 Å². The summed E-state index contributed by atoms with van der Waals surface area (Å²) in [7, 11) is 3.71. The summed E-state index contributed by atoms with van der Waals surface area (Å²) in [4.78, 5) is 20.9. The zero-order chi connectivity index (χ0) is 29.9. The number of carbonyl (C=O) groups is 1. The van der Waals surface area contributed by atoms with Crippen molar-refractivity contribution in [3.8, 4) is 17.3 Å². The molecule has 224 valence electrons. The van der Waals surface area contributed by atoms with Crippen LogP contribution in [0.2, 0.25) is 0 Å². The molecule has 3 atom stereocenters. The average molecular weight is 586 g/mol. The maximum atomic E-state index is 13.7. The van der Waals surface area contributed by atoms with Gasteiger partial charge in [-0.05, 0) is 79.3 Å². The minimum Gasteiger partial charge on any atom is -0.494 e. The molecule has 7 nitrogen and oxygen atoms in total. The maximum absolute atomic E-state index is 13.7. The second-order valence-electron chi connectivity index (χ2n) is 13.0. The third-order valence-corrected chi connectivity index (χ3v) is 10.1. The minimum atomic E-state index is 0.0238. The zero-order valence-corrected chi connectivity index (χ0v) is 25.4. The second kappa shape index (κ2) is 10.7. The van der Waals surface area contributed by atoms with Crippen LogP contribution in [0.4, 0.5) is 0 Å². The van der Waals surface area contributed by atoms with Crippen molar-refractivity contribution in [2.75, 3.05) is 13.7 Å². The van der Waals surface area contributed by atoms with E-state index in [-0.39, 0.29) is 18.0 Å². The topological polar surface area (TPSA) is 78.3 Å². The molecule has 5 aromatic rings. The molecule has 1 aliphatic heterocycles. The molecule has 3 aliphatic rings. The lowest BCUT2D eigenvalue weighted by Crippen LogP contribution is -2.41. The van der Waals surface area contributed by atoms with Crippen LogP contribution in [0, 0.1) is 11.8 Å². The maximum Gasteiger partial charge on any atom is 0.254 e. The van der Waals surface area contributed by atoms with Gasteiger partial charge in [0, 0.05) is 48.7 Å². The number of aryl methyl sites for hydroxylation is 1. The monoisotopic (exact) mass is 585 g/mol. The van der Waals surface area contributed by atoms with Gasteiger partial charge in [-0.3, -0.25) is 4.79 Å². The Labute approximate surface area is 257 Å². The molecule has 2 aromatic heterocycles. The van der Waals surface area contributed by atoms with Crippen LogP contribution in [0.3, 0.4) is 0 Å². The van der Waals surface area contributed by atoms with E-state index in [1.54, 1.807) is 7.11 Å². The van der Waals surface area contributed by atoms with Crippen LogP contribution in [0.5, 0.6) is 5.75 Å². The van der Waals surface area contributed by atoms with Crippen molar-refractivity contribution in [3.05, 3.63) is 89.5 Å². The summed E-state index contributed by atoms with van der Waals surface area (Å²) in [6.07, 6.45) is 9.99. The number of hydrogen-bond acceptors (Lipinski definition) is 4. The summed E-state index contributed by atoms with van der Waals surface area (Å²) in [5.74, 6) is 2.66. The molecule has 0 spiro atoms. The molecule has 3 heterocycles. The lowest BCUT2D eigenvalue weighted by Gasteiger charge is -2.27. The molecule has 8 rings (SSSR count). The number of hydrogen-bond donors (Lipinski definition) is 1. The predicted octanol–water partition coefficient (Wildman–Crippen LogP) is 6.43. The fourth-order valence-electron chi connectivity index (χ4n) is 7.53. The molecule has 2 saturated carbocycles. The van der Waals surface area contributed by atoms with E-state index in [9.17, 15) is 4.79 Å². The fraction of sp³-hybridized carbons (Fsp3) is 0.351. The van der Waals surface area contributed by atoms with Crippen LogP contribution in [0.15, 0.2) is 72.8 Å². The smallest absolute Gasteiger partial charge is 0.254 e. The highest BCUT2D eigenvalue weighted by Gasteiger charge is 2.47. The standard InChI is InChI=1S/C37H39N5O2/c1-40-35-29(18-28(20-33(35)44-2)37(43)42-22-27-15-16-30(42)34(27)38)39-36(40)32-19-26-14-13-24(10-6-9-23-7-4-3-5-8-23)17-31(26)41(32)21-25-11-12-25/h3-8,10,13-14,17-20,25,27,30,34H,9,11-12,15-16,21-22,38H2,1-2H3/b10-6+/t27-,30-,34+/m1/s1. The van der Waals surface area contributed by atoms with E-state index in [2.05, 4.69) is 75.9 Å². The number of likely N-dealkylation sites (tertiary alicyclic amines) is 1. The van der Waals surface area contributed by atoms with E-state index < -0.39 is 0 Å². The Kier molecular flexibility index (Phi) is 6.60. The highest BCUT2D eigenvalue weighted by molar-refractivity contribution is 6.00. The highest BCUT2D eigenvalue weighted by Crippen LogP contribution is 2.40. The SMILES string of the molecule is COc1cc(C(=O)N2C[C@H]3CC[C@@H]2[C@H]3N)cc2nc(-c3cc4ccc(/C=C/Cc5ccccc5)cc4n3CC3CC3)n(C)c12. The molecule has 2 aliphatic carbocycles. The number of carbonyl (C=O) groups excluding carboxylic acids is 1. The molecule has 2 bridgehead atoms. The third kappa shape index (κ3) is 4.61. The van der Waals surface area contributed by atoms with E-state index in [4.69, 9.17) is 15.5 Å². The highest BCUT2D eigenvalue weighted by atomic mass is 16.5. The minimum absolute atomic E-state index is 0.0238. The number of amides is 1. The van der Waals surface area contributed by atoms with Crippen molar-refractivity contribution >= 4 is 33.9 Å². The largest absolute Gasteiger partial charge is 0.494 e. The molecule has 1 saturated heterocycles. The summed E-state index contributed by atoms with van der Waals surface area (Å²) in [6.45, 7) is 1.71. The average Bonchev–Trinajstić information content (AvgIpc) is 3.45. The Morgan fingerprint density at radius 1 is 1.05 bits per heavy atom. The van der Waals surface area contributed by atoms with Crippen molar-refractivity contribution in [3.63, 3.8) is 0 Å². The van der Waals surface area contributed by atoms with Crippen LogP contribution < -0.4 is 10.5 Å². The normalized spacial score (nSPS) is 21.3. The first-order valence-electron chi connectivity index (χ1n) is 15.9. The molecule has 1 amide bonds. The van der Waals surface area contributed by atoms with Crippen molar-refractivity contribution in [2.24, 2.45) is 24.6 Å². The van der Waals surface area contributed by atoms with Gasteiger partial charge in [-0.25, -0.2) is 4.98 Å². The number of nitrogens with two attached hydrogens (primary N) is 1. The Hall–Kier alpha value is -4.36. The molecule has 2 N–H and O–H groups in total. The van der Waals surface area contributed by atoms with Gasteiger partial charge in [0.05, 0.1) is 18.3 Å². The van der Waals surface area contributed by atoms with Gasteiger partial charge in [0.25, 0.3) is 5.91 Å². The number of nitrogens with zero attached hydrogens (tertiary/aromatic N) is 4. The van der Waals surface area contributed by atoms with E-state index in [1.165, 1.54) is 34.9 Å². The molecule has 3 aromatic carbocycles. The molecule has 3 fully saturated rings. The summed E-state index contributed by atoms with van der Waals surface area (Å²) in [6, 6.07) is 23.6. The Bertz CT molecular complexity index is 1920. The van der Waals surface area contributed by atoms with E-state index in [0.717, 1.165) is 54.9 Å². The van der Waals surface area contributed by atoms with Gasteiger partial charge in [-0.15, -0.1) is 0 Å². The molecule has 0 unspecified atom stereocenters. The summed E-state index contributed by atoms with van der Waals surface area (Å²) >= 11 is 0. The Morgan fingerprint density at radius 2 is 1.89 bits per heavy atom. The van der Waals surface area contributed by atoms with Crippen LogP contribution >= 0.6 is 0 Å². The number of ether oxygens (including phenoxy) is 1. The number of imidazole rings is 1. The van der Waals surface area contributed by atoms with Crippen LogP contribution in [0.25, 0.3) is 39.5 Å². The van der Waals surface area contributed by atoms with E-state index >= 15 is 0 Å². The molecular weight excluding hydrogens is 546 g/mol. The Balaban J connectivity index is 1.17. The van der Waals surface area contributed by atoms with Crippen molar-refractivity contribution < 1.29 is 9.53 Å². The van der Waals surface area contributed by atoms with Crippen LogP contribution in [-0.2, 0) is 20.0 Å². The first kappa shape index (κ1) is 27.2. The number of methoxy groups -OCH3 is 1. The Morgan fingerprint density at radius 3 is 2.61 bits per heavy atom. The molecule has 7 heteroatoms. The third-order valence-electron chi connectivity index (χ3n) is 10.1. The fourth-order valence-corrected chi connectivity index (χ4v) is 7.53. The van der Waals surface area contributed by atoms with Crippen molar-refractivity contribution in [2.45, 2.75) is 50.7 Å². The van der Waals surface area contributed by atoms with Gasteiger partial charge in [-0.1, -0.05) is 54.6 Å². The lowest BCUT2D eigenvalue weighted by atomic mass is 10.1. The predicted molar refractivity (Wildman–Crippen MR) is 176 cm³/mol. The van der Waals surface area contributed by atoms with Gasteiger partial charge >= 0.3 is 0 Å². The number of rotatable bonds is 8.